The third kappa shape index (κ3) is 5.27. The minimum absolute atomic E-state index is 0. The number of likely N-dealkylation sites (tertiary alicyclic amines) is 1. The van der Waals surface area contributed by atoms with E-state index in [4.69, 9.17) is 23.2 Å². The van der Waals surface area contributed by atoms with Crippen LogP contribution in [-0.2, 0) is 6.54 Å². The number of carbonyl (C=O) groups is 1. The van der Waals surface area contributed by atoms with Gasteiger partial charge in [0.2, 0.25) is 5.95 Å². The number of aromatic amines is 1. The summed E-state index contributed by atoms with van der Waals surface area (Å²) in [5.41, 5.74) is 2.00. The van der Waals surface area contributed by atoms with Gasteiger partial charge in [-0.15, -0.1) is 12.4 Å². The van der Waals surface area contributed by atoms with Gasteiger partial charge >= 0.3 is 0 Å². The van der Waals surface area contributed by atoms with Crippen LogP contribution in [0.15, 0.2) is 53.6 Å². The van der Waals surface area contributed by atoms with Crippen LogP contribution < -0.4 is 10.9 Å². The minimum Gasteiger partial charge on any atom is -0.352 e. The predicted octanol–water partition coefficient (Wildman–Crippen LogP) is 4.33. The van der Waals surface area contributed by atoms with Crippen LogP contribution in [0.5, 0.6) is 0 Å². The van der Waals surface area contributed by atoms with Crippen molar-refractivity contribution in [2.45, 2.75) is 25.4 Å². The van der Waals surface area contributed by atoms with Crippen LogP contribution in [0.4, 0.5) is 5.95 Å². The number of anilines is 1. The first-order valence-corrected chi connectivity index (χ1v) is 11.6. The summed E-state index contributed by atoms with van der Waals surface area (Å²) in [6.07, 6.45) is 4.58. The number of fused-ring (bicyclic) bond motifs is 1. The molecular formula is C23H22Cl3N7O2. The Morgan fingerprint density at radius 2 is 1.94 bits per heavy atom. The SMILES string of the molecule is Cl.O=C(c1ccccn1)N1CCC(n2ncc3nc(NCc4ccc(Cl)c(Cl)c4)[nH]c(=O)c32)CC1. The number of nitrogens with one attached hydrogen (secondary N) is 2. The molecule has 0 spiro atoms. The number of halogens is 3. The number of nitrogens with zero attached hydrogens (tertiary/aromatic N) is 5. The van der Waals surface area contributed by atoms with Crippen LogP contribution in [0.2, 0.25) is 10.0 Å². The molecule has 0 saturated carbocycles. The second-order valence-corrected chi connectivity index (χ2v) is 8.89. The Morgan fingerprint density at radius 1 is 1.14 bits per heavy atom. The number of carbonyl (C=O) groups excluding carboxylic acids is 1. The molecule has 12 heteroatoms. The zero-order chi connectivity index (χ0) is 23.7. The van der Waals surface area contributed by atoms with Crippen molar-refractivity contribution in [2.24, 2.45) is 0 Å². The predicted molar refractivity (Wildman–Crippen MR) is 138 cm³/mol. The van der Waals surface area contributed by atoms with Gasteiger partial charge in [0, 0.05) is 25.8 Å². The molecule has 4 aromatic rings. The van der Waals surface area contributed by atoms with Crippen molar-refractivity contribution in [2.75, 3.05) is 18.4 Å². The van der Waals surface area contributed by atoms with Gasteiger partial charge in [-0.1, -0.05) is 35.3 Å². The quantitative estimate of drug-likeness (QED) is 0.394. The van der Waals surface area contributed by atoms with E-state index in [0.29, 0.717) is 65.2 Å². The lowest BCUT2D eigenvalue weighted by Crippen LogP contribution is -2.39. The zero-order valence-electron chi connectivity index (χ0n) is 18.4. The van der Waals surface area contributed by atoms with Crippen molar-refractivity contribution in [3.8, 4) is 0 Å². The van der Waals surface area contributed by atoms with Crippen molar-refractivity contribution < 1.29 is 4.79 Å². The standard InChI is InChI=1S/C23H21Cl2N7O2.ClH/c24-16-5-4-14(11-17(16)25)12-27-23-29-19-13-28-32(20(19)21(33)30-23)15-6-9-31(10-7-15)22(34)18-3-1-2-8-26-18;/h1-5,8,11,13,15H,6-7,9-10,12H2,(H2,27,29,30,33);1H. The Labute approximate surface area is 216 Å². The Kier molecular flexibility index (Phi) is 7.59. The highest BCUT2D eigenvalue weighted by molar-refractivity contribution is 6.42. The number of H-pyrrole nitrogens is 1. The number of amides is 1. The lowest BCUT2D eigenvalue weighted by molar-refractivity contribution is 0.0685. The highest BCUT2D eigenvalue weighted by Crippen LogP contribution is 2.26. The summed E-state index contributed by atoms with van der Waals surface area (Å²) in [6, 6.07) is 10.6. The van der Waals surface area contributed by atoms with Gasteiger partial charge in [-0.25, -0.2) is 4.98 Å². The molecule has 35 heavy (non-hydrogen) atoms. The summed E-state index contributed by atoms with van der Waals surface area (Å²) < 4.78 is 1.73. The van der Waals surface area contributed by atoms with Gasteiger partial charge in [-0.2, -0.15) is 5.10 Å². The average Bonchev–Trinajstić information content (AvgIpc) is 3.30. The van der Waals surface area contributed by atoms with E-state index in [0.717, 1.165) is 5.56 Å². The monoisotopic (exact) mass is 533 g/mol. The smallest absolute Gasteiger partial charge is 0.278 e. The number of piperidine rings is 1. The summed E-state index contributed by atoms with van der Waals surface area (Å²) in [5.74, 6) is 0.264. The molecule has 1 aromatic carbocycles. The molecule has 4 heterocycles. The summed E-state index contributed by atoms with van der Waals surface area (Å²) in [7, 11) is 0. The van der Waals surface area contributed by atoms with Crippen molar-refractivity contribution in [3.63, 3.8) is 0 Å². The van der Waals surface area contributed by atoms with Crippen molar-refractivity contribution in [1.82, 2.24) is 29.6 Å². The topological polar surface area (TPSA) is 109 Å². The molecule has 1 saturated heterocycles. The third-order valence-electron chi connectivity index (χ3n) is 5.88. The largest absolute Gasteiger partial charge is 0.352 e. The van der Waals surface area contributed by atoms with E-state index in [1.807, 2.05) is 6.07 Å². The molecule has 0 radical (unpaired) electrons. The Hall–Kier alpha value is -3.14. The van der Waals surface area contributed by atoms with E-state index in [-0.39, 0.29) is 29.9 Å². The van der Waals surface area contributed by atoms with Crippen LogP contribution >= 0.6 is 35.6 Å². The molecule has 1 fully saturated rings. The third-order valence-corrected chi connectivity index (χ3v) is 6.62. The zero-order valence-corrected chi connectivity index (χ0v) is 20.8. The Morgan fingerprint density at radius 3 is 2.66 bits per heavy atom. The maximum Gasteiger partial charge on any atom is 0.278 e. The number of hydrogen-bond acceptors (Lipinski definition) is 6. The first kappa shape index (κ1) is 25.0. The molecule has 1 aliphatic heterocycles. The molecule has 3 aromatic heterocycles. The Balaban J connectivity index is 0.00000289. The van der Waals surface area contributed by atoms with Gasteiger partial charge in [-0.3, -0.25) is 24.2 Å². The molecule has 182 valence electrons. The molecule has 2 N–H and O–H groups in total. The van der Waals surface area contributed by atoms with Crippen LogP contribution in [0.25, 0.3) is 11.0 Å². The molecular weight excluding hydrogens is 513 g/mol. The van der Waals surface area contributed by atoms with Gasteiger partial charge in [-0.05, 0) is 42.7 Å². The van der Waals surface area contributed by atoms with Gasteiger partial charge in [0.1, 0.15) is 11.2 Å². The maximum atomic E-state index is 12.9. The van der Waals surface area contributed by atoms with E-state index in [1.54, 1.807) is 52.3 Å². The number of aromatic nitrogens is 5. The number of pyridine rings is 1. The van der Waals surface area contributed by atoms with E-state index < -0.39 is 0 Å². The summed E-state index contributed by atoms with van der Waals surface area (Å²) >= 11 is 12.0. The lowest BCUT2D eigenvalue weighted by Gasteiger charge is -2.32. The highest BCUT2D eigenvalue weighted by atomic mass is 35.5. The molecule has 0 bridgehead atoms. The average molecular weight is 535 g/mol. The van der Waals surface area contributed by atoms with Crippen molar-refractivity contribution >= 4 is 58.5 Å². The molecule has 1 aliphatic rings. The fraction of sp³-hybridized carbons (Fsp3) is 0.261. The van der Waals surface area contributed by atoms with Gasteiger partial charge in [0.15, 0.2) is 5.52 Å². The molecule has 0 aliphatic carbocycles. The summed E-state index contributed by atoms with van der Waals surface area (Å²) in [4.78, 5) is 38.8. The lowest BCUT2D eigenvalue weighted by atomic mass is 10.0. The fourth-order valence-corrected chi connectivity index (χ4v) is 4.45. The van der Waals surface area contributed by atoms with Gasteiger partial charge in [0.25, 0.3) is 11.5 Å². The molecule has 1 amide bonds. The molecule has 0 atom stereocenters. The fourth-order valence-electron chi connectivity index (χ4n) is 4.13. The van der Waals surface area contributed by atoms with Crippen LogP contribution in [-0.4, -0.2) is 48.6 Å². The van der Waals surface area contributed by atoms with E-state index in [2.05, 4.69) is 25.4 Å². The van der Waals surface area contributed by atoms with Crippen LogP contribution in [0.3, 0.4) is 0 Å². The number of benzene rings is 1. The van der Waals surface area contributed by atoms with Gasteiger partial charge in [0.05, 0.1) is 22.3 Å². The van der Waals surface area contributed by atoms with Crippen LogP contribution in [0, 0.1) is 0 Å². The Bertz CT molecular complexity index is 1400. The first-order valence-electron chi connectivity index (χ1n) is 10.9. The van der Waals surface area contributed by atoms with E-state index >= 15 is 0 Å². The van der Waals surface area contributed by atoms with Crippen LogP contribution in [0.1, 0.15) is 34.9 Å². The first-order chi connectivity index (χ1) is 16.5. The number of rotatable bonds is 5. The molecule has 0 unspecified atom stereocenters. The summed E-state index contributed by atoms with van der Waals surface area (Å²) in [5, 5.41) is 8.50. The van der Waals surface area contributed by atoms with Crippen molar-refractivity contribution in [3.05, 3.63) is 80.4 Å². The van der Waals surface area contributed by atoms with Crippen molar-refractivity contribution in [1.29, 1.82) is 0 Å². The normalized spacial score (nSPS) is 14.1. The summed E-state index contributed by atoms with van der Waals surface area (Å²) in [6.45, 7) is 1.55. The second-order valence-electron chi connectivity index (χ2n) is 8.08. The maximum absolute atomic E-state index is 12.9. The van der Waals surface area contributed by atoms with E-state index in [9.17, 15) is 9.59 Å². The second kappa shape index (κ2) is 10.6. The van der Waals surface area contributed by atoms with E-state index in [1.165, 1.54) is 0 Å². The number of hydrogen-bond donors (Lipinski definition) is 2. The van der Waals surface area contributed by atoms with Gasteiger partial charge < -0.3 is 10.2 Å². The molecule has 9 nitrogen and oxygen atoms in total. The minimum atomic E-state index is -0.272. The molecule has 5 rings (SSSR count). The highest BCUT2D eigenvalue weighted by Gasteiger charge is 2.27.